The molecule has 0 unspecified atom stereocenters. The van der Waals surface area contributed by atoms with Crippen LogP contribution in [0.15, 0.2) is 24.5 Å². The van der Waals surface area contributed by atoms with Gasteiger partial charge in [-0.05, 0) is 12.1 Å². The molecule has 0 spiro atoms. The first kappa shape index (κ1) is 8.41. The summed E-state index contributed by atoms with van der Waals surface area (Å²) in [4.78, 5) is 5.55. The number of anilines is 1. The zero-order valence-corrected chi connectivity index (χ0v) is 7.08. The molecule has 1 aromatic rings. The highest BCUT2D eigenvalue weighted by molar-refractivity contribution is 5.45. The molecule has 1 aromatic heterocycles. The maximum absolute atomic E-state index is 12.8. The zero-order chi connectivity index (χ0) is 9.31. The largest absolute Gasteiger partial charge is 0.364 e. The average Bonchev–Trinajstić information content (AvgIpc) is 2.48. The van der Waals surface area contributed by atoms with Crippen molar-refractivity contribution in [3.8, 4) is 0 Å². The number of halogens is 2. The van der Waals surface area contributed by atoms with Gasteiger partial charge < -0.3 is 4.90 Å². The van der Waals surface area contributed by atoms with Crippen molar-refractivity contribution in [2.45, 2.75) is 12.3 Å². The van der Waals surface area contributed by atoms with Gasteiger partial charge in [-0.3, -0.25) is 4.98 Å². The minimum Gasteiger partial charge on any atom is -0.364 e. The second kappa shape index (κ2) is 2.94. The molecule has 1 saturated heterocycles. The molecule has 13 heavy (non-hydrogen) atoms. The van der Waals surface area contributed by atoms with Crippen LogP contribution < -0.4 is 4.90 Å². The van der Waals surface area contributed by atoms with E-state index in [4.69, 9.17) is 0 Å². The lowest BCUT2D eigenvalue weighted by atomic mass is 10.3. The van der Waals surface area contributed by atoms with Gasteiger partial charge in [0, 0.05) is 19.2 Å². The first-order valence-corrected chi connectivity index (χ1v) is 4.20. The summed E-state index contributed by atoms with van der Waals surface area (Å²) in [5.74, 6) is -2.53. The molecule has 4 heteroatoms. The van der Waals surface area contributed by atoms with E-state index < -0.39 is 5.92 Å². The highest BCUT2D eigenvalue weighted by atomic mass is 19.3. The summed E-state index contributed by atoms with van der Waals surface area (Å²) in [6.45, 7) is 0.234. The predicted octanol–water partition coefficient (Wildman–Crippen LogP) is 1.93. The molecule has 0 radical (unpaired) electrons. The lowest BCUT2D eigenvalue weighted by molar-refractivity contribution is 0.0257. The summed E-state index contributed by atoms with van der Waals surface area (Å²) in [6.07, 6.45) is 3.20. The molecule has 0 N–H and O–H groups in total. The molecule has 0 atom stereocenters. The van der Waals surface area contributed by atoms with Crippen molar-refractivity contribution in [2.24, 2.45) is 0 Å². The van der Waals surface area contributed by atoms with E-state index in [1.807, 2.05) is 0 Å². The van der Waals surface area contributed by atoms with Crippen LogP contribution in [0, 0.1) is 0 Å². The number of pyridine rings is 1. The van der Waals surface area contributed by atoms with E-state index in [1.165, 1.54) is 0 Å². The Kier molecular flexibility index (Phi) is 1.90. The molecule has 2 rings (SSSR count). The highest BCUT2D eigenvalue weighted by Crippen LogP contribution is 2.29. The van der Waals surface area contributed by atoms with Gasteiger partial charge in [-0.15, -0.1) is 0 Å². The molecular formula is C9H10F2N2. The van der Waals surface area contributed by atoms with Crippen LogP contribution in [-0.2, 0) is 0 Å². The van der Waals surface area contributed by atoms with E-state index >= 15 is 0 Å². The molecule has 1 fully saturated rings. The lowest BCUT2D eigenvalue weighted by Crippen LogP contribution is -2.24. The Labute approximate surface area is 75.2 Å². The van der Waals surface area contributed by atoms with Gasteiger partial charge in [-0.1, -0.05) is 0 Å². The Morgan fingerprint density at radius 3 is 2.85 bits per heavy atom. The molecule has 2 heterocycles. The van der Waals surface area contributed by atoms with Crippen LogP contribution in [0.2, 0.25) is 0 Å². The Bertz CT molecular complexity index is 287. The summed E-state index contributed by atoms with van der Waals surface area (Å²) in [7, 11) is 0. The molecule has 2 nitrogen and oxygen atoms in total. The van der Waals surface area contributed by atoms with Gasteiger partial charge in [0.25, 0.3) is 5.92 Å². The number of hydrogen-bond donors (Lipinski definition) is 0. The third kappa shape index (κ3) is 1.76. The van der Waals surface area contributed by atoms with Crippen LogP contribution in [0.3, 0.4) is 0 Å². The second-order valence-corrected chi connectivity index (χ2v) is 3.24. The predicted molar refractivity (Wildman–Crippen MR) is 46.0 cm³/mol. The SMILES string of the molecule is FC1(F)CCN(c2cccnc2)C1. The first-order valence-electron chi connectivity index (χ1n) is 4.20. The number of nitrogens with zero attached hydrogens (tertiary/aromatic N) is 2. The summed E-state index contributed by atoms with van der Waals surface area (Å²) in [5.41, 5.74) is 0.777. The van der Waals surface area contributed by atoms with E-state index in [1.54, 1.807) is 29.4 Å². The molecule has 0 aliphatic carbocycles. The highest BCUT2D eigenvalue weighted by Gasteiger charge is 2.38. The van der Waals surface area contributed by atoms with Crippen LogP contribution in [0.25, 0.3) is 0 Å². The summed E-state index contributed by atoms with van der Waals surface area (Å²) < 4.78 is 25.6. The standard InChI is InChI=1S/C9H10F2N2/c10-9(11)3-5-13(7-9)8-2-1-4-12-6-8/h1-2,4,6H,3,5,7H2. The van der Waals surface area contributed by atoms with Crippen molar-refractivity contribution in [1.29, 1.82) is 0 Å². The zero-order valence-electron chi connectivity index (χ0n) is 7.08. The van der Waals surface area contributed by atoms with Gasteiger partial charge in [0.1, 0.15) is 0 Å². The molecule has 1 aliphatic heterocycles. The van der Waals surface area contributed by atoms with Crippen LogP contribution in [0.1, 0.15) is 6.42 Å². The van der Waals surface area contributed by atoms with E-state index in [-0.39, 0.29) is 13.0 Å². The van der Waals surface area contributed by atoms with E-state index in [9.17, 15) is 8.78 Å². The number of rotatable bonds is 1. The summed E-state index contributed by atoms with van der Waals surface area (Å²) in [5, 5.41) is 0. The summed E-state index contributed by atoms with van der Waals surface area (Å²) >= 11 is 0. The maximum atomic E-state index is 12.8. The van der Waals surface area contributed by atoms with Crippen molar-refractivity contribution >= 4 is 5.69 Å². The van der Waals surface area contributed by atoms with Crippen molar-refractivity contribution in [1.82, 2.24) is 4.98 Å². The van der Waals surface area contributed by atoms with E-state index in [2.05, 4.69) is 4.98 Å². The molecule has 0 bridgehead atoms. The fourth-order valence-corrected chi connectivity index (χ4v) is 1.50. The summed E-state index contributed by atoms with van der Waals surface area (Å²) in [6, 6.07) is 3.56. The monoisotopic (exact) mass is 184 g/mol. The van der Waals surface area contributed by atoms with Crippen LogP contribution in [0.5, 0.6) is 0 Å². The van der Waals surface area contributed by atoms with Gasteiger partial charge in [-0.25, -0.2) is 8.78 Å². The Morgan fingerprint density at radius 2 is 2.31 bits per heavy atom. The van der Waals surface area contributed by atoms with Gasteiger partial charge in [0.15, 0.2) is 0 Å². The molecular weight excluding hydrogens is 174 g/mol. The van der Waals surface area contributed by atoms with Gasteiger partial charge >= 0.3 is 0 Å². The van der Waals surface area contributed by atoms with Crippen molar-refractivity contribution < 1.29 is 8.78 Å². The quantitative estimate of drug-likeness (QED) is 0.663. The fraction of sp³-hybridized carbons (Fsp3) is 0.444. The number of hydrogen-bond acceptors (Lipinski definition) is 2. The number of alkyl halides is 2. The average molecular weight is 184 g/mol. The Hall–Kier alpha value is -1.19. The van der Waals surface area contributed by atoms with Crippen LogP contribution >= 0.6 is 0 Å². The molecule has 0 saturated carbocycles. The minimum absolute atomic E-state index is 0.0537. The Balaban J connectivity index is 2.13. The van der Waals surface area contributed by atoms with Crippen LogP contribution in [0.4, 0.5) is 14.5 Å². The third-order valence-corrected chi connectivity index (χ3v) is 2.18. The third-order valence-electron chi connectivity index (χ3n) is 2.18. The topological polar surface area (TPSA) is 16.1 Å². The van der Waals surface area contributed by atoms with E-state index in [0.717, 1.165) is 5.69 Å². The van der Waals surface area contributed by atoms with E-state index in [0.29, 0.717) is 6.54 Å². The van der Waals surface area contributed by atoms with Crippen molar-refractivity contribution in [3.63, 3.8) is 0 Å². The Morgan fingerprint density at radius 1 is 1.46 bits per heavy atom. The molecule has 0 aromatic carbocycles. The minimum atomic E-state index is -2.53. The lowest BCUT2D eigenvalue weighted by Gasteiger charge is -2.17. The van der Waals surface area contributed by atoms with Crippen molar-refractivity contribution in [2.75, 3.05) is 18.0 Å². The molecule has 70 valence electrons. The fourth-order valence-electron chi connectivity index (χ4n) is 1.50. The smallest absolute Gasteiger partial charge is 0.266 e. The first-order chi connectivity index (χ1) is 6.17. The maximum Gasteiger partial charge on any atom is 0.266 e. The van der Waals surface area contributed by atoms with Gasteiger partial charge in [0.2, 0.25) is 0 Å². The van der Waals surface area contributed by atoms with Gasteiger partial charge in [-0.2, -0.15) is 0 Å². The number of aromatic nitrogens is 1. The van der Waals surface area contributed by atoms with Gasteiger partial charge in [0.05, 0.1) is 18.4 Å². The normalized spacial score (nSPS) is 20.6. The molecule has 0 amide bonds. The van der Waals surface area contributed by atoms with Crippen LogP contribution in [-0.4, -0.2) is 24.0 Å². The van der Waals surface area contributed by atoms with Crippen molar-refractivity contribution in [3.05, 3.63) is 24.5 Å². The second-order valence-electron chi connectivity index (χ2n) is 3.24. The molecule has 1 aliphatic rings.